The maximum atomic E-state index is 12.5. The van der Waals surface area contributed by atoms with Crippen molar-refractivity contribution in [3.63, 3.8) is 0 Å². The second-order valence-electron chi connectivity index (χ2n) is 13.9. The number of carbonyl (C=O) groups excluding carboxylic acids is 3. The average molecular weight is 807 g/mol. The molecule has 8 atom stereocenters. The summed E-state index contributed by atoms with van der Waals surface area (Å²) < 4.78 is 22.9. The molecule has 10 N–H and O–H groups in total. The van der Waals surface area contributed by atoms with Crippen LogP contribution in [-0.4, -0.2) is 150 Å². The third-order valence-corrected chi connectivity index (χ3v) is 9.59. The molecular formula is C38H66N10O9. The zero-order valence-corrected chi connectivity index (χ0v) is 34.3. The minimum absolute atomic E-state index is 0.0829. The zero-order valence-electron chi connectivity index (χ0n) is 34.3. The summed E-state index contributed by atoms with van der Waals surface area (Å²) >= 11 is 0. The number of cyclic esters (lactones) is 1. The Hall–Kier alpha value is -4.24. The normalized spacial score (nSPS) is 22.9. The van der Waals surface area contributed by atoms with Gasteiger partial charge in [0.2, 0.25) is 0 Å². The molecule has 2 saturated heterocycles. The predicted molar refractivity (Wildman–Crippen MR) is 215 cm³/mol. The molecule has 1 aromatic carbocycles. The molecule has 2 aliphatic rings. The van der Waals surface area contributed by atoms with Crippen molar-refractivity contribution in [1.82, 2.24) is 24.8 Å². The lowest BCUT2D eigenvalue weighted by molar-refractivity contribution is -0.231. The number of benzene rings is 1. The van der Waals surface area contributed by atoms with E-state index in [1.54, 1.807) is 11.8 Å². The number of Topliss-reactive ketones (excluding diaryl/α,β-unsaturated/α-hetero) is 1. The van der Waals surface area contributed by atoms with E-state index in [9.17, 15) is 24.6 Å². The molecule has 6 unspecified atom stereocenters. The van der Waals surface area contributed by atoms with Gasteiger partial charge in [0.1, 0.15) is 36.3 Å². The van der Waals surface area contributed by atoms with Crippen LogP contribution in [0.25, 0.3) is 11.3 Å². The maximum Gasteiger partial charge on any atom is 0.411 e. The van der Waals surface area contributed by atoms with Crippen molar-refractivity contribution < 1.29 is 43.5 Å². The van der Waals surface area contributed by atoms with Gasteiger partial charge in [0.05, 0.1) is 31.3 Å². The Morgan fingerprint density at radius 2 is 1.88 bits per heavy atom. The summed E-state index contributed by atoms with van der Waals surface area (Å²) in [6.45, 7) is 7.23. The molecule has 1 aromatic heterocycles. The molecule has 2 aliphatic heterocycles. The van der Waals surface area contributed by atoms with Crippen molar-refractivity contribution >= 4 is 29.9 Å². The summed E-state index contributed by atoms with van der Waals surface area (Å²) in [5, 5.41) is 27.5. The summed E-state index contributed by atoms with van der Waals surface area (Å²) in [5.74, 6) is -1.84. The number of aliphatic imine (C=N–C) groups is 1. The number of nitrogens with two attached hydrogens (primary N) is 4. The lowest BCUT2D eigenvalue weighted by Gasteiger charge is -2.39. The monoisotopic (exact) mass is 807 g/mol. The molecule has 19 heteroatoms. The lowest BCUT2D eigenvalue weighted by atomic mass is 9.98. The van der Waals surface area contributed by atoms with E-state index in [0.717, 1.165) is 30.5 Å². The van der Waals surface area contributed by atoms with Crippen LogP contribution < -0.4 is 22.9 Å². The number of nitrogen functional groups attached to an aromatic ring is 1. The van der Waals surface area contributed by atoms with Crippen molar-refractivity contribution in [2.24, 2.45) is 28.1 Å². The highest BCUT2D eigenvalue weighted by Crippen LogP contribution is 2.23. The van der Waals surface area contributed by atoms with E-state index in [4.69, 9.17) is 41.9 Å². The number of hydrogen-bond acceptors (Lipinski definition) is 16. The van der Waals surface area contributed by atoms with Crippen molar-refractivity contribution in [3.05, 3.63) is 30.5 Å². The molecule has 4 rings (SSSR count). The number of unbranched alkanes of at least 4 members (excludes halogenated alkanes) is 1. The second kappa shape index (κ2) is 25.9. The van der Waals surface area contributed by atoms with Crippen LogP contribution in [0.15, 0.2) is 35.5 Å². The molecule has 0 radical (unpaired) electrons. The number of rotatable bonds is 20. The fourth-order valence-corrected chi connectivity index (χ4v) is 6.17. The predicted octanol–water partition coefficient (Wildman–Crippen LogP) is 1.09. The van der Waals surface area contributed by atoms with Gasteiger partial charge in [0.25, 0.3) is 0 Å². The fourth-order valence-electron chi connectivity index (χ4n) is 6.17. The van der Waals surface area contributed by atoms with E-state index in [-0.39, 0.29) is 37.1 Å². The Labute approximate surface area is 336 Å². The summed E-state index contributed by atoms with van der Waals surface area (Å²) in [6, 6.07) is 7.31. The highest BCUT2D eigenvalue weighted by molar-refractivity contribution is 5.98. The summed E-state index contributed by atoms with van der Waals surface area (Å²) in [7, 11) is 5.30. The molecule has 1 amide bonds. The van der Waals surface area contributed by atoms with E-state index in [0.29, 0.717) is 51.1 Å². The number of nitrogens with zero attached hydrogens (tertiary/aromatic N) is 6. The van der Waals surface area contributed by atoms with E-state index in [1.165, 1.54) is 18.2 Å². The number of aromatic nitrogens is 3. The number of methoxy groups -OCH3 is 1. The number of hydrogen-bond donors (Lipinski definition) is 6. The van der Waals surface area contributed by atoms with E-state index in [1.807, 2.05) is 63.3 Å². The van der Waals surface area contributed by atoms with Gasteiger partial charge in [-0.2, -0.15) is 0 Å². The summed E-state index contributed by atoms with van der Waals surface area (Å²) in [5.41, 5.74) is 25.0. The van der Waals surface area contributed by atoms with Gasteiger partial charge in [-0.15, -0.1) is 5.10 Å². The number of ether oxygens (including phenoxy) is 4. The Kier molecular flexibility index (Phi) is 22.2. The van der Waals surface area contributed by atoms with Gasteiger partial charge in [0, 0.05) is 43.9 Å². The highest BCUT2D eigenvalue weighted by atomic mass is 16.6. The number of amides is 1. The van der Waals surface area contributed by atoms with Crippen LogP contribution in [0.1, 0.15) is 65.7 Å². The quantitative estimate of drug-likeness (QED) is 0.0273. The molecular weight excluding hydrogens is 740 g/mol. The van der Waals surface area contributed by atoms with Crippen LogP contribution in [0.5, 0.6) is 0 Å². The molecule has 19 nitrogen and oxygen atoms in total. The molecule has 0 spiro atoms. The molecule has 322 valence electrons. The summed E-state index contributed by atoms with van der Waals surface area (Å²) in [6.07, 6.45) is 2.88. The van der Waals surface area contributed by atoms with Crippen LogP contribution >= 0.6 is 0 Å². The van der Waals surface area contributed by atoms with Crippen molar-refractivity contribution in [2.45, 2.75) is 115 Å². The van der Waals surface area contributed by atoms with Gasteiger partial charge in [-0.05, 0) is 78.2 Å². The Morgan fingerprint density at radius 3 is 2.53 bits per heavy atom. The number of aryl methyl sites for hydroxylation is 1. The van der Waals surface area contributed by atoms with Gasteiger partial charge in [-0.25, -0.2) is 4.79 Å². The van der Waals surface area contributed by atoms with Crippen molar-refractivity contribution in [2.75, 3.05) is 53.2 Å². The number of aliphatic hydroxyl groups is 2. The molecule has 3 heterocycles. The molecule has 57 heavy (non-hydrogen) atoms. The van der Waals surface area contributed by atoms with Crippen LogP contribution in [0.2, 0.25) is 0 Å². The lowest BCUT2D eigenvalue weighted by Crippen LogP contribution is -2.54. The van der Waals surface area contributed by atoms with E-state index in [2.05, 4.69) is 15.3 Å². The standard InChI is InChI=1S/C27H41N7O6.C9H19N3O3.C2H6/c1-18(23(35)11-10-21(38-2)9-6-12-28)26(36)39-17-24-25(30)34(27(37)40-24)14-4-3-13-33-16-22(31-32-33)19-7-5-8-20(29)15-19;1-12(2)7-3-6(4-11-5-10)15-9(14)8(7)13;1-2/h5,7-8,15-16,18,21,24-25H,3-4,6,9-14,17,28-30H2,1-2H3;5-9,13-14H,3-4H2,1-2H3,(H2,10,11);1-2H3/t18?,21?,24?,25-;6-,7?,8?,9?;/m00./s1. The number of esters is 1. The highest BCUT2D eigenvalue weighted by Gasteiger charge is 2.40. The third-order valence-electron chi connectivity index (χ3n) is 9.59. The van der Waals surface area contributed by atoms with Gasteiger partial charge in [0.15, 0.2) is 12.4 Å². The van der Waals surface area contributed by atoms with Crippen LogP contribution in [0.4, 0.5) is 10.5 Å². The van der Waals surface area contributed by atoms with Crippen LogP contribution in [0, 0.1) is 5.92 Å². The number of ketones is 1. The number of carbonyl (C=O) groups is 3. The molecule has 0 bridgehead atoms. The fraction of sp³-hybridized carbons (Fsp3) is 0.684. The van der Waals surface area contributed by atoms with E-state index < -0.39 is 42.6 Å². The largest absolute Gasteiger partial charge is 0.461 e. The molecule has 0 aliphatic carbocycles. The van der Waals surface area contributed by atoms with Gasteiger partial charge >= 0.3 is 12.1 Å². The number of anilines is 1. The Balaban J connectivity index is 0.000000550. The molecule has 2 aromatic rings. The number of aliphatic hydroxyl groups excluding tert-OH is 2. The topological polar surface area (TPSA) is 282 Å². The van der Waals surface area contributed by atoms with Gasteiger partial charge in [-0.3, -0.25) is 24.2 Å². The molecule has 2 fully saturated rings. The first-order valence-corrected chi connectivity index (χ1v) is 19.6. The van der Waals surface area contributed by atoms with Gasteiger partial charge in [-0.1, -0.05) is 31.2 Å². The SMILES string of the molecule is CC.CN(C)C1C[C@@H](CN=CN)OC(O)C1O.COC(CCCN)CCC(=O)C(C)C(=O)OCC1OC(=O)N(CCCCn2cc(-c3cccc(N)c3)nn2)[C@@H]1N. The molecule has 0 saturated carbocycles. The van der Waals surface area contributed by atoms with Gasteiger partial charge < -0.3 is 57.0 Å². The minimum Gasteiger partial charge on any atom is -0.461 e. The Bertz CT molecular complexity index is 1510. The summed E-state index contributed by atoms with van der Waals surface area (Å²) in [4.78, 5) is 44.4. The van der Waals surface area contributed by atoms with Crippen molar-refractivity contribution in [3.8, 4) is 11.3 Å². The third kappa shape index (κ3) is 15.9. The van der Waals surface area contributed by atoms with E-state index >= 15 is 0 Å². The van der Waals surface area contributed by atoms with Crippen LogP contribution in [0.3, 0.4) is 0 Å². The number of likely N-dealkylation sites (N-methyl/N-ethyl adjacent to an activating group) is 1. The first-order valence-electron chi connectivity index (χ1n) is 19.6. The zero-order chi connectivity index (χ0) is 42.5. The first kappa shape index (κ1) is 48.9. The maximum absolute atomic E-state index is 12.5. The first-order chi connectivity index (χ1) is 27.3. The second-order valence-corrected chi connectivity index (χ2v) is 13.9. The van der Waals surface area contributed by atoms with Crippen LogP contribution in [-0.2, 0) is 35.1 Å². The average Bonchev–Trinajstić information content (AvgIpc) is 3.79. The minimum atomic E-state index is -1.15. The Morgan fingerprint density at radius 1 is 1.16 bits per heavy atom. The smallest absolute Gasteiger partial charge is 0.411 e. The van der Waals surface area contributed by atoms with Crippen molar-refractivity contribution in [1.29, 1.82) is 0 Å².